The SMILES string of the molecule is Cc1cccc(NC(=O)c2ccccc2OCC(N)=O)c1. The number of carbonyl (C=O) groups excluding carboxylic acids is 2. The van der Waals surface area contributed by atoms with Crippen LogP contribution in [0.1, 0.15) is 15.9 Å². The maximum absolute atomic E-state index is 12.3. The summed E-state index contributed by atoms with van der Waals surface area (Å²) >= 11 is 0. The predicted octanol–water partition coefficient (Wildman–Crippen LogP) is 2.11. The third-order valence-corrected chi connectivity index (χ3v) is 2.78. The zero-order valence-electron chi connectivity index (χ0n) is 11.6. The van der Waals surface area contributed by atoms with E-state index in [9.17, 15) is 9.59 Å². The molecule has 0 heterocycles. The van der Waals surface area contributed by atoms with Crippen molar-refractivity contribution in [2.45, 2.75) is 6.92 Å². The van der Waals surface area contributed by atoms with Crippen molar-refractivity contribution in [2.24, 2.45) is 5.73 Å². The molecule has 0 bridgehead atoms. The van der Waals surface area contributed by atoms with E-state index in [4.69, 9.17) is 10.5 Å². The van der Waals surface area contributed by atoms with Crippen LogP contribution in [-0.2, 0) is 4.79 Å². The summed E-state index contributed by atoms with van der Waals surface area (Å²) in [5, 5.41) is 2.79. The maximum Gasteiger partial charge on any atom is 0.259 e. The zero-order chi connectivity index (χ0) is 15.2. The molecule has 0 aromatic heterocycles. The predicted molar refractivity (Wildman–Crippen MR) is 80.3 cm³/mol. The molecule has 5 nitrogen and oxygen atoms in total. The van der Waals surface area contributed by atoms with Crippen LogP contribution < -0.4 is 15.8 Å². The van der Waals surface area contributed by atoms with Crippen molar-refractivity contribution >= 4 is 17.5 Å². The number of benzene rings is 2. The molecule has 5 heteroatoms. The van der Waals surface area contributed by atoms with Crippen LogP contribution in [-0.4, -0.2) is 18.4 Å². The Labute approximate surface area is 122 Å². The average molecular weight is 284 g/mol. The number of rotatable bonds is 5. The van der Waals surface area contributed by atoms with E-state index in [0.717, 1.165) is 5.56 Å². The van der Waals surface area contributed by atoms with Crippen molar-refractivity contribution in [3.05, 3.63) is 59.7 Å². The largest absolute Gasteiger partial charge is 0.483 e. The van der Waals surface area contributed by atoms with Gasteiger partial charge in [0.15, 0.2) is 6.61 Å². The van der Waals surface area contributed by atoms with Gasteiger partial charge in [-0.15, -0.1) is 0 Å². The molecule has 0 aliphatic carbocycles. The number of hydrogen-bond donors (Lipinski definition) is 2. The van der Waals surface area contributed by atoms with Gasteiger partial charge in [0.1, 0.15) is 5.75 Å². The first kappa shape index (κ1) is 14.6. The van der Waals surface area contributed by atoms with Crippen molar-refractivity contribution in [1.82, 2.24) is 0 Å². The molecule has 2 aromatic rings. The molecule has 0 saturated heterocycles. The van der Waals surface area contributed by atoms with Gasteiger partial charge in [-0.05, 0) is 36.8 Å². The molecule has 2 aromatic carbocycles. The quantitative estimate of drug-likeness (QED) is 0.882. The fourth-order valence-corrected chi connectivity index (χ4v) is 1.85. The second-order valence-corrected chi connectivity index (χ2v) is 4.57. The zero-order valence-corrected chi connectivity index (χ0v) is 11.6. The van der Waals surface area contributed by atoms with E-state index in [0.29, 0.717) is 17.0 Å². The Morgan fingerprint density at radius 1 is 1.14 bits per heavy atom. The van der Waals surface area contributed by atoms with E-state index in [1.165, 1.54) is 0 Å². The fraction of sp³-hybridized carbons (Fsp3) is 0.125. The lowest BCUT2D eigenvalue weighted by atomic mass is 10.1. The first-order valence-electron chi connectivity index (χ1n) is 6.44. The van der Waals surface area contributed by atoms with E-state index in [1.54, 1.807) is 30.3 Å². The van der Waals surface area contributed by atoms with Gasteiger partial charge in [-0.2, -0.15) is 0 Å². The van der Waals surface area contributed by atoms with Crippen LogP contribution >= 0.6 is 0 Å². The van der Waals surface area contributed by atoms with Gasteiger partial charge in [-0.25, -0.2) is 0 Å². The van der Waals surface area contributed by atoms with Gasteiger partial charge in [0.2, 0.25) is 0 Å². The minimum absolute atomic E-state index is 0.269. The number of aryl methyl sites for hydroxylation is 1. The Hall–Kier alpha value is -2.82. The van der Waals surface area contributed by atoms with Gasteiger partial charge in [0.25, 0.3) is 11.8 Å². The number of amides is 2. The number of carbonyl (C=O) groups is 2. The molecule has 0 radical (unpaired) electrons. The first-order chi connectivity index (χ1) is 10.1. The second kappa shape index (κ2) is 6.56. The van der Waals surface area contributed by atoms with Crippen LogP contribution in [0.15, 0.2) is 48.5 Å². The summed E-state index contributed by atoms with van der Waals surface area (Å²) in [4.78, 5) is 23.1. The van der Waals surface area contributed by atoms with Gasteiger partial charge in [-0.1, -0.05) is 24.3 Å². The van der Waals surface area contributed by atoms with Gasteiger partial charge >= 0.3 is 0 Å². The van der Waals surface area contributed by atoms with Crippen LogP contribution in [0, 0.1) is 6.92 Å². The standard InChI is InChI=1S/C16H16N2O3/c1-11-5-4-6-12(9-11)18-16(20)13-7-2-3-8-14(13)21-10-15(17)19/h2-9H,10H2,1H3,(H2,17,19)(H,18,20). The summed E-state index contributed by atoms with van der Waals surface area (Å²) in [5.41, 5.74) is 7.14. The Kier molecular flexibility index (Phi) is 4.56. The third-order valence-electron chi connectivity index (χ3n) is 2.78. The molecular formula is C16H16N2O3. The van der Waals surface area contributed by atoms with Crippen molar-refractivity contribution in [2.75, 3.05) is 11.9 Å². The molecule has 0 atom stereocenters. The maximum atomic E-state index is 12.3. The number of hydrogen-bond acceptors (Lipinski definition) is 3. The molecule has 0 saturated carbocycles. The van der Waals surface area contributed by atoms with Gasteiger partial charge < -0.3 is 15.8 Å². The molecule has 0 aliphatic heterocycles. The molecule has 21 heavy (non-hydrogen) atoms. The highest BCUT2D eigenvalue weighted by atomic mass is 16.5. The lowest BCUT2D eigenvalue weighted by molar-refractivity contribution is -0.119. The van der Waals surface area contributed by atoms with Gasteiger partial charge in [-0.3, -0.25) is 9.59 Å². The van der Waals surface area contributed by atoms with Crippen molar-refractivity contribution < 1.29 is 14.3 Å². The fourth-order valence-electron chi connectivity index (χ4n) is 1.85. The minimum atomic E-state index is -0.594. The Morgan fingerprint density at radius 2 is 1.90 bits per heavy atom. The number of anilines is 1. The number of ether oxygens (including phenoxy) is 1. The summed E-state index contributed by atoms with van der Waals surface area (Å²) in [6, 6.07) is 14.2. The lowest BCUT2D eigenvalue weighted by Gasteiger charge is -2.11. The van der Waals surface area contributed by atoms with Crippen molar-refractivity contribution in [3.8, 4) is 5.75 Å². The average Bonchev–Trinajstić information content (AvgIpc) is 2.45. The topological polar surface area (TPSA) is 81.4 Å². The Balaban J connectivity index is 2.17. The molecule has 0 aliphatic rings. The van der Waals surface area contributed by atoms with Crippen LogP contribution in [0.3, 0.4) is 0 Å². The summed E-state index contributed by atoms with van der Waals surface area (Å²) < 4.78 is 5.25. The van der Waals surface area contributed by atoms with Gasteiger partial charge in [0, 0.05) is 5.69 Å². The molecular weight excluding hydrogens is 268 g/mol. The highest BCUT2D eigenvalue weighted by Crippen LogP contribution is 2.20. The summed E-state index contributed by atoms with van der Waals surface area (Å²) in [6.45, 7) is 1.67. The molecule has 0 unspecified atom stereocenters. The van der Waals surface area contributed by atoms with Gasteiger partial charge in [0.05, 0.1) is 5.56 Å². The molecule has 0 spiro atoms. The van der Waals surface area contributed by atoms with Crippen LogP contribution in [0.4, 0.5) is 5.69 Å². The van der Waals surface area contributed by atoms with Crippen LogP contribution in [0.2, 0.25) is 0 Å². The highest BCUT2D eigenvalue weighted by molar-refractivity contribution is 6.06. The second-order valence-electron chi connectivity index (χ2n) is 4.57. The molecule has 2 amide bonds. The molecule has 108 valence electrons. The Bertz CT molecular complexity index is 668. The minimum Gasteiger partial charge on any atom is -0.483 e. The van der Waals surface area contributed by atoms with Crippen molar-refractivity contribution in [3.63, 3.8) is 0 Å². The summed E-state index contributed by atoms with van der Waals surface area (Å²) in [5.74, 6) is -0.578. The van der Waals surface area contributed by atoms with Crippen molar-refractivity contribution in [1.29, 1.82) is 0 Å². The molecule has 0 fully saturated rings. The van der Waals surface area contributed by atoms with E-state index >= 15 is 0 Å². The van der Waals surface area contributed by atoms with E-state index < -0.39 is 5.91 Å². The third kappa shape index (κ3) is 4.07. The normalized spacial score (nSPS) is 9.95. The first-order valence-corrected chi connectivity index (χ1v) is 6.44. The molecule has 2 rings (SSSR count). The lowest BCUT2D eigenvalue weighted by Crippen LogP contribution is -2.21. The number of para-hydroxylation sites is 1. The summed E-state index contributed by atoms with van der Waals surface area (Å²) in [6.07, 6.45) is 0. The van der Waals surface area contributed by atoms with E-state index in [-0.39, 0.29) is 12.5 Å². The number of nitrogens with two attached hydrogens (primary N) is 1. The van der Waals surface area contributed by atoms with Crippen LogP contribution in [0.5, 0.6) is 5.75 Å². The van der Waals surface area contributed by atoms with E-state index in [2.05, 4.69) is 5.32 Å². The van der Waals surface area contributed by atoms with Crippen LogP contribution in [0.25, 0.3) is 0 Å². The monoisotopic (exact) mass is 284 g/mol. The summed E-state index contributed by atoms with van der Waals surface area (Å²) in [7, 11) is 0. The highest BCUT2D eigenvalue weighted by Gasteiger charge is 2.13. The molecule has 3 N–H and O–H groups in total. The van der Waals surface area contributed by atoms with E-state index in [1.807, 2.05) is 25.1 Å². The Morgan fingerprint density at radius 3 is 2.62 bits per heavy atom. The number of nitrogens with one attached hydrogen (secondary N) is 1. The smallest absolute Gasteiger partial charge is 0.259 e. The number of primary amides is 1.